The lowest BCUT2D eigenvalue weighted by molar-refractivity contribution is 0.166. The molecule has 18 heteroatoms. The van der Waals surface area contributed by atoms with E-state index in [0.717, 1.165) is 80.8 Å². The smallest absolute Gasteiger partial charge is 0.455 e. The Balaban J connectivity index is 0.966. The van der Waals surface area contributed by atoms with Crippen molar-refractivity contribution < 1.29 is 67.7 Å². The molecular weight excluding hydrogens is 1340 g/mol. The van der Waals surface area contributed by atoms with Gasteiger partial charge in [-0.05, 0) is 179 Å². The molecule has 3 aromatic heterocycles. The Morgan fingerprint density at radius 2 is 0.471 bits per heavy atom. The van der Waals surface area contributed by atoms with Crippen LogP contribution < -0.4 is 13.6 Å². The number of phosphoric acid groups is 3. The highest BCUT2D eigenvalue weighted by atomic mass is 31.2. The van der Waals surface area contributed by atoms with Crippen LogP contribution in [0.25, 0.3) is 165 Å². The number of phosphoric ester groups is 3. The topological polar surface area (TPSA) is 174 Å². The summed E-state index contributed by atoms with van der Waals surface area (Å²) >= 11 is 0. The molecule has 0 amide bonds. The monoisotopic (exact) mass is 1410 g/mol. The molecule has 0 fully saturated rings. The van der Waals surface area contributed by atoms with Crippen molar-refractivity contribution in [3.05, 3.63) is 237 Å². The van der Waals surface area contributed by atoms with Crippen molar-refractivity contribution in [1.82, 2.24) is 0 Å². The lowest BCUT2D eigenvalue weighted by atomic mass is 9.91. The molecule has 0 aliphatic carbocycles. The van der Waals surface area contributed by atoms with Gasteiger partial charge in [-0.2, -0.15) is 0 Å². The first kappa shape index (κ1) is 66.4. The fraction of sp³-hybridized carbons (Fsp3) is 0.143. The van der Waals surface area contributed by atoms with Crippen molar-refractivity contribution in [1.29, 1.82) is 0 Å². The van der Waals surface area contributed by atoms with Crippen LogP contribution in [0.3, 0.4) is 0 Å². The van der Waals surface area contributed by atoms with Crippen molar-refractivity contribution in [2.45, 2.75) is 41.5 Å². The second kappa shape index (κ2) is 27.3. The summed E-state index contributed by atoms with van der Waals surface area (Å²) in [5, 5.41) is 12.9. The number of furan rings is 3. The van der Waals surface area contributed by atoms with Gasteiger partial charge in [-0.3, -0.25) is 27.1 Å². The van der Waals surface area contributed by atoms with Gasteiger partial charge in [0.15, 0.2) is 0 Å². The van der Waals surface area contributed by atoms with Crippen molar-refractivity contribution in [2.24, 2.45) is 0 Å². The summed E-state index contributed by atoms with van der Waals surface area (Å²) in [5.41, 5.74) is 7.64. The molecule has 16 aromatic rings. The van der Waals surface area contributed by atoms with Gasteiger partial charge in [-0.15, -0.1) is 0 Å². The van der Waals surface area contributed by atoms with Gasteiger partial charge >= 0.3 is 23.5 Å². The van der Waals surface area contributed by atoms with Gasteiger partial charge in [0.25, 0.3) is 0 Å². The lowest BCUT2D eigenvalue weighted by Crippen LogP contribution is -2.03. The van der Waals surface area contributed by atoms with Crippen LogP contribution in [-0.2, 0) is 40.8 Å². The third-order valence-corrected chi connectivity index (χ3v) is 22.9. The zero-order chi connectivity index (χ0) is 69.9. The SMILES string of the molecule is CCOP(=O)(OCC)Oc1ccc2ccccc2c1-c1c2ccccc2cc2cc(-c3cc(-c4cc5cc6ccccc6c(-c6c(OP(=O)(OCC)OCC)ccc7ccccc67)c5o4)cc(-c4cc5cc6ccccc6c(-c6c(OP(=O)(OCC)OCC)ccc7ccccc67)c5o4)c3)oc12. The highest BCUT2D eigenvalue weighted by Gasteiger charge is 2.35. The first-order chi connectivity index (χ1) is 49.8. The summed E-state index contributed by atoms with van der Waals surface area (Å²) in [5.74, 6) is 2.36. The van der Waals surface area contributed by atoms with E-state index >= 15 is 0 Å². The van der Waals surface area contributed by atoms with Crippen LogP contribution in [0.5, 0.6) is 17.2 Å². The van der Waals surface area contributed by atoms with Gasteiger partial charge in [-0.25, -0.2) is 13.7 Å². The number of benzene rings is 13. The summed E-state index contributed by atoms with van der Waals surface area (Å²) in [6.45, 7) is 11.0. The third kappa shape index (κ3) is 12.1. The maximum absolute atomic E-state index is 14.5. The molecule has 0 unspecified atom stereocenters. The average molecular weight is 1410 g/mol. The second-order valence-electron chi connectivity index (χ2n) is 24.4. The van der Waals surface area contributed by atoms with Gasteiger partial charge < -0.3 is 26.8 Å². The predicted octanol–water partition coefficient (Wildman–Crippen LogP) is 25.5. The van der Waals surface area contributed by atoms with Crippen LogP contribution in [-0.4, -0.2) is 39.6 Å². The summed E-state index contributed by atoms with van der Waals surface area (Å²) in [4.78, 5) is 0. The molecule has 3 heterocycles. The highest BCUT2D eigenvalue weighted by molar-refractivity contribution is 7.49. The largest absolute Gasteiger partial charge is 0.530 e. The van der Waals surface area contributed by atoms with Crippen molar-refractivity contribution in [3.63, 3.8) is 0 Å². The lowest BCUT2D eigenvalue weighted by Gasteiger charge is -2.21. The molecule has 0 atom stereocenters. The highest BCUT2D eigenvalue weighted by Crippen LogP contribution is 2.59. The van der Waals surface area contributed by atoms with Gasteiger partial charge in [0, 0.05) is 66.2 Å². The molecule has 0 aliphatic rings. The number of fused-ring (bicyclic) bond motifs is 9. The standard InChI is InChI=1S/C84H69O15P3/c1-7-88-100(85,89-8-2)97-70-40-37-52-25-13-19-31-64(52)76(70)79-67-34-22-16-28-55(67)43-61-49-73(94-82(61)79)58-46-59(74-50-62-44-56-29-17-23-35-68(56)80(83(62)95-74)77-65-32-20-14-26-53(65)38-41-71(77)98-101(86,90-9-3)91-10-4)48-60(47-58)75-51-63-45-57-30-18-24-36-69(57)81(84(63)96-75)78-66-33-21-15-27-54(66)39-42-72(78)99-102(87,92-11-5)93-12-6/h13-51H,7-12H2,1-6H3. The summed E-state index contributed by atoms with van der Waals surface area (Å²) in [7, 11) is -12.4. The zero-order valence-electron chi connectivity index (χ0n) is 56.7. The average Bonchev–Trinajstić information content (AvgIpc) is 1.43. The Morgan fingerprint density at radius 1 is 0.245 bits per heavy atom. The molecule has 0 aliphatic heterocycles. The number of hydrogen-bond donors (Lipinski definition) is 0. The maximum atomic E-state index is 14.5. The van der Waals surface area contributed by atoms with Gasteiger partial charge in [0.1, 0.15) is 51.3 Å². The first-order valence-corrected chi connectivity index (χ1v) is 38.5. The molecule has 0 radical (unpaired) electrons. The van der Waals surface area contributed by atoms with E-state index in [9.17, 15) is 13.7 Å². The molecule has 0 spiro atoms. The van der Waals surface area contributed by atoms with Crippen LogP contribution in [0.15, 0.2) is 250 Å². The Labute approximate surface area is 587 Å². The molecular formula is C84H69O15P3. The van der Waals surface area contributed by atoms with E-state index in [0.29, 0.717) is 84.1 Å². The van der Waals surface area contributed by atoms with Gasteiger partial charge in [0.05, 0.1) is 39.6 Å². The first-order valence-electron chi connectivity index (χ1n) is 34.1. The fourth-order valence-corrected chi connectivity index (χ4v) is 17.7. The molecule has 13 aromatic carbocycles. The summed E-state index contributed by atoms with van der Waals surface area (Å²) < 4.78 is 120. The fourth-order valence-electron chi connectivity index (χ4n) is 14.1. The Kier molecular flexibility index (Phi) is 17.8. The van der Waals surface area contributed by atoms with E-state index in [2.05, 4.69) is 54.6 Å². The third-order valence-electron chi connectivity index (χ3n) is 18.1. The quantitative estimate of drug-likeness (QED) is 0.0522. The van der Waals surface area contributed by atoms with Crippen LogP contribution in [0.4, 0.5) is 0 Å². The molecule has 102 heavy (non-hydrogen) atoms. The van der Waals surface area contributed by atoms with Crippen LogP contribution in [0.1, 0.15) is 41.5 Å². The van der Waals surface area contributed by atoms with Crippen molar-refractivity contribution >= 4 is 121 Å². The summed E-state index contributed by atoms with van der Waals surface area (Å²) in [6.07, 6.45) is 0. The minimum atomic E-state index is -4.15. The van der Waals surface area contributed by atoms with E-state index in [1.807, 2.05) is 182 Å². The zero-order valence-corrected chi connectivity index (χ0v) is 59.4. The van der Waals surface area contributed by atoms with Gasteiger partial charge in [-0.1, -0.05) is 164 Å². The Hall–Kier alpha value is -10.1. The molecule has 0 N–H and O–H groups in total. The van der Waals surface area contributed by atoms with Crippen LogP contribution in [0.2, 0.25) is 0 Å². The minimum absolute atomic E-state index is 0.0848. The van der Waals surface area contributed by atoms with Crippen LogP contribution in [0, 0.1) is 0 Å². The van der Waals surface area contributed by atoms with E-state index in [1.54, 1.807) is 41.5 Å². The van der Waals surface area contributed by atoms with E-state index < -0.39 is 23.5 Å². The second-order valence-corrected chi connectivity index (χ2v) is 29.2. The van der Waals surface area contributed by atoms with E-state index in [1.165, 1.54) is 0 Å². The minimum Gasteiger partial charge on any atom is -0.455 e. The van der Waals surface area contributed by atoms with Crippen LogP contribution >= 0.6 is 23.5 Å². The predicted molar refractivity (Wildman–Crippen MR) is 408 cm³/mol. The van der Waals surface area contributed by atoms with E-state index in [-0.39, 0.29) is 56.9 Å². The molecule has 0 bridgehead atoms. The molecule has 510 valence electrons. The van der Waals surface area contributed by atoms with Crippen molar-refractivity contribution in [3.8, 4) is 84.6 Å². The number of rotatable bonds is 24. The molecule has 16 rings (SSSR count). The Morgan fingerprint density at radius 3 is 0.716 bits per heavy atom. The molecule has 0 saturated carbocycles. The van der Waals surface area contributed by atoms with Gasteiger partial charge in [0.2, 0.25) is 0 Å². The summed E-state index contributed by atoms with van der Waals surface area (Å²) in [6, 6.07) is 78.1. The normalized spacial score (nSPS) is 12.4. The van der Waals surface area contributed by atoms with E-state index in [4.69, 9.17) is 54.0 Å². The number of hydrogen-bond acceptors (Lipinski definition) is 15. The molecule has 15 nitrogen and oxygen atoms in total. The maximum Gasteiger partial charge on any atom is 0.530 e. The Bertz CT molecular complexity index is 5500. The molecule has 0 saturated heterocycles. The van der Waals surface area contributed by atoms with Crippen molar-refractivity contribution in [2.75, 3.05) is 39.6 Å².